The highest BCUT2D eigenvalue weighted by Gasteiger charge is 2.23. The number of rotatable bonds is 6. The lowest BCUT2D eigenvalue weighted by molar-refractivity contribution is 0.0526. The van der Waals surface area contributed by atoms with E-state index in [0.717, 1.165) is 15.6 Å². The zero-order valence-electron chi connectivity index (χ0n) is 12.8. The number of carbonyl (C=O) groups is 1. The van der Waals surface area contributed by atoms with Gasteiger partial charge in [-0.05, 0) is 42.3 Å². The number of aliphatic hydroxyl groups excluding tert-OH is 2. The molecule has 0 aromatic heterocycles. The number of carbonyl (C=O) groups excluding carboxylic acids is 1. The molecule has 0 radical (unpaired) electrons. The van der Waals surface area contributed by atoms with Crippen LogP contribution in [-0.4, -0.2) is 35.5 Å². The van der Waals surface area contributed by atoms with E-state index in [9.17, 15) is 15.0 Å². The van der Waals surface area contributed by atoms with Crippen molar-refractivity contribution < 1.29 is 19.7 Å². The third-order valence-corrected chi connectivity index (χ3v) is 4.11. The molecule has 0 bridgehead atoms. The van der Waals surface area contributed by atoms with Crippen LogP contribution in [0, 0.1) is 0 Å². The molecule has 0 spiro atoms. The van der Waals surface area contributed by atoms with Crippen LogP contribution in [0.4, 0.5) is 0 Å². The van der Waals surface area contributed by atoms with Crippen molar-refractivity contribution in [2.45, 2.75) is 18.9 Å². The maximum Gasteiger partial charge on any atom is 0.338 e. The Morgan fingerprint density at radius 1 is 1.09 bits per heavy atom. The van der Waals surface area contributed by atoms with E-state index in [4.69, 9.17) is 4.74 Å². The van der Waals surface area contributed by atoms with E-state index in [0.29, 0.717) is 12.2 Å². The molecular weight excluding hydrogens is 360 g/mol. The number of ether oxygens (including phenoxy) is 1. The van der Waals surface area contributed by atoms with E-state index < -0.39 is 6.10 Å². The first-order valence-electron chi connectivity index (χ1n) is 7.38. The second-order valence-corrected chi connectivity index (χ2v) is 6.04. The average Bonchev–Trinajstić information content (AvgIpc) is 2.57. The van der Waals surface area contributed by atoms with Gasteiger partial charge in [0.25, 0.3) is 0 Å². The zero-order chi connectivity index (χ0) is 16.8. The van der Waals surface area contributed by atoms with Gasteiger partial charge in [0.05, 0.1) is 24.9 Å². The number of aliphatic hydroxyl groups is 2. The van der Waals surface area contributed by atoms with E-state index in [-0.39, 0.29) is 18.5 Å². The minimum atomic E-state index is -0.926. The minimum absolute atomic E-state index is 0.325. The lowest BCUT2D eigenvalue weighted by Gasteiger charge is -2.22. The van der Waals surface area contributed by atoms with Gasteiger partial charge in [-0.15, -0.1) is 0 Å². The van der Waals surface area contributed by atoms with Crippen LogP contribution in [0.25, 0.3) is 0 Å². The summed E-state index contributed by atoms with van der Waals surface area (Å²) in [6.07, 6.45) is -0.926. The summed E-state index contributed by atoms with van der Waals surface area (Å²) < 4.78 is 5.90. The molecule has 0 heterocycles. The van der Waals surface area contributed by atoms with Crippen molar-refractivity contribution in [3.8, 4) is 0 Å². The van der Waals surface area contributed by atoms with Crippen molar-refractivity contribution in [2.24, 2.45) is 0 Å². The molecule has 2 aromatic carbocycles. The molecular formula is C18H19BrO4. The van der Waals surface area contributed by atoms with Gasteiger partial charge in [0, 0.05) is 10.4 Å². The van der Waals surface area contributed by atoms with Gasteiger partial charge < -0.3 is 14.9 Å². The van der Waals surface area contributed by atoms with Crippen LogP contribution >= 0.6 is 15.9 Å². The lowest BCUT2D eigenvalue weighted by Crippen LogP contribution is -2.23. The maximum absolute atomic E-state index is 11.7. The van der Waals surface area contributed by atoms with Gasteiger partial charge in [0.2, 0.25) is 0 Å². The van der Waals surface area contributed by atoms with E-state index in [1.807, 2.05) is 24.3 Å². The molecule has 0 saturated heterocycles. The quantitative estimate of drug-likeness (QED) is 0.757. The molecule has 0 fully saturated rings. The molecule has 23 heavy (non-hydrogen) atoms. The SMILES string of the molecule is CCOC(=O)c1ccc([C@H](c2ccc(Br)cc2)[C@H](O)CO)cc1. The van der Waals surface area contributed by atoms with Gasteiger partial charge in [-0.25, -0.2) is 4.79 Å². The first kappa shape index (κ1) is 17.7. The molecule has 0 amide bonds. The summed E-state index contributed by atoms with van der Waals surface area (Å²) >= 11 is 3.38. The smallest absolute Gasteiger partial charge is 0.338 e. The van der Waals surface area contributed by atoms with Crippen LogP contribution in [0.1, 0.15) is 34.3 Å². The minimum Gasteiger partial charge on any atom is -0.462 e. The summed E-state index contributed by atoms with van der Waals surface area (Å²) in [6, 6.07) is 14.5. The Balaban J connectivity index is 2.32. The molecule has 0 aliphatic heterocycles. The number of hydrogen-bond donors (Lipinski definition) is 2. The zero-order valence-corrected chi connectivity index (χ0v) is 14.4. The summed E-state index contributed by atoms with van der Waals surface area (Å²) in [7, 11) is 0. The van der Waals surface area contributed by atoms with Crippen molar-refractivity contribution in [3.63, 3.8) is 0 Å². The maximum atomic E-state index is 11.7. The van der Waals surface area contributed by atoms with Crippen LogP contribution in [0.15, 0.2) is 53.0 Å². The van der Waals surface area contributed by atoms with Gasteiger partial charge in [-0.3, -0.25) is 0 Å². The highest BCUT2D eigenvalue weighted by molar-refractivity contribution is 9.10. The molecule has 0 aliphatic carbocycles. The molecule has 2 N–H and O–H groups in total. The average molecular weight is 379 g/mol. The van der Waals surface area contributed by atoms with E-state index in [2.05, 4.69) is 15.9 Å². The van der Waals surface area contributed by atoms with Crippen LogP contribution < -0.4 is 0 Å². The van der Waals surface area contributed by atoms with Gasteiger partial charge >= 0.3 is 5.97 Å². The lowest BCUT2D eigenvalue weighted by atomic mass is 9.86. The highest BCUT2D eigenvalue weighted by Crippen LogP contribution is 2.29. The van der Waals surface area contributed by atoms with Crippen molar-refractivity contribution >= 4 is 21.9 Å². The highest BCUT2D eigenvalue weighted by atomic mass is 79.9. The van der Waals surface area contributed by atoms with Crippen molar-refractivity contribution in [2.75, 3.05) is 13.2 Å². The van der Waals surface area contributed by atoms with Crippen LogP contribution in [0.5, 0.6) is 0 Å². The predicted molar refractivity (Wildman–Crippen MR) is 91.5 cm³/mol. The van der Waals surface area contributed by atoms with Crippen molar-refractivity contribution in [1.82, 2.24) is 0 Å². The Labute approximate surface area is 143 Å². The molecule has 2 rings (SSSR count). The summed E-state index contributed by atoms with van der Waals surface area (Å²) in [5, 5.41) is 19.6. The van der Waals surface area contributed by atoms with E-state index in [1.165, 1.54) is 0 Å². The number of halogens is 1. The number of benzene rings is 2. The van der Waals surface area contributed by atoms with Gasteiger partial charge in [0.15, 0.2) is 0 Å². The van der Waals surface area contributed by atoms with Gasteiger partial charge in [-0.1, -0.05) is 40.2 Å². The summed E-state index contributed by atoms with van der Waals surface area (Å²) in [5.74, 6) is -0.744. The topological polar surface area (TPSA) is 66.8 Å². The molecule has 122 valence electrons. The molecule has 5 heteroatoms. The summed E-state index contributed by atoms with van der Waals surface area (Å²) in [6.45, 7) is 1.74. The van der Waals surface area contributed by atoms with Gasteiger partial charge in [-0.2, -0.15) is 0 Å². The Morgan fingerprint density at radius 2 is 1.61 bits per heavy atom. The van der Waals surface area contributed by atoms with Crippen molar-refractivity contribution in [3.05, 3.63) is 69.7 Å². The molecule has 0 aliphatic rings. The Kier molecular flexibility index (Phi) is 6.33. The summed E-state index contributed by atoms with van der Waals surface area (Å²) in [4.78, 5) is 11.7. The van der Waals surface area contributed by atoms with Crippen LogP contribution in [-0.2, 0) is 4.74 Å². The number of esters is 1. The van der Waals surface area contributed by atoms with E-state index >= 15 is 0 Å². The third-order valence-electron chi connectivity index (χ3n) is 3.58. The molecule has 4 nitrogen and oxygen atoms in total. The normalized spacial score (nSPS) is 13.4. The monoisotopic (exact) mass is 378 g/mol. The fourth-order valence-electron chi connectivity index (χ4n) is 2.45. The van der Waals surface area contributed by atoms with Gasteiger partial charge in [0.1, 0.15) is 0 Å². The molecule has 0 saturated carbocycles. The van der Waals surface area contributed by atoms with Crippen LogP contribution in [0.2, 0.25) is 0 Å². The van der Waals surface area contributed by atoms with Crippen LogP contribution in [0.3, 0.4) is 0 Å². The molecule has 2 atom stereocenters. The van der Waals surface area contributed by atoms with Crippen molar-refractivity contribution in [1.29, 1.82) is 0 Å². The summed E-state index contributed by atoms with van der Waals surface area (Å²) in [5.41, 5.74) is 2.17. The second kappa shape index (κ2) is 8.24. The fourth-order valence-corrected chi connectivity index (χ4v) is 2.72. The fraction of sp³-hybridized carbons (Fsp3) is 0.278. The second-order valence-electron chi connectivity index (χ2n) is 5.12. The molecule has 2 aromatic rings. The first-order valence-corrected chi connectivity index (χ1v) is 8.17. The van der Waals surface area contributed by atoms with E-state index in [1.54, 1.807) is 31.2 Å². The Bertz CT molecular complexity index is 637. The number of hydrogen-bond acceptors (Lipinski definition) is 4. The Morgan fingerprint density at radius 3 is 2.09 bits per heavy atom. The largest absolute Gasteiger partial charge is 0.462 e. The first-order chi connectivity index (χ1) is 11.1. The Hall–Kier alpha value is -1.69. The molecule has 0 unspecified atom stereocenters. The third kappa shape index (κ3) is 4.41. The standard InChI is InChI=1S/C18H19BrO4/c1-2-23-18(22)14-5-3-12(4-6-14)17(16(21)11-20)13-7-9-15(19)10-8-13/h3-10,16-17,20-21H,2,11H2,1H3/t16-,17-/m1/s1. The predicted octanol–water partition coefficient (Wildman–Crippen LogP) is 3.11.